The second kappa shape index (κ2) is 11.0. The molecule has 0 saturated carbocycles. The number of nitrogens with zero attached hydrogens (tertiary/aromatic N) is 1. The Morgan fingerprint density at radius 1 is 0.304 bits per heavy atom. The van der Waals surface area contributed by atoms with Crippen molar-refractivity contribution in [1.29, 1.82) is 0 Å². The molecule has 46 heavy (non-hydrogen) atoms. The highest BCUT2D eigenvalue weighted by Gasteiger charge is 2.15. The molecule has 0 radical (unpaired) electrons. The lowest BCUT2D eigenvalue weighted by Gasteiger charge is -2.26. The maximum atomic E-state index is 2.37. The van der Waals surface area contributed by atoms with Gasteiger partial charge in [0.1, 0.15) is 0 Å². The van der Waals surface area contributed by atoms with E-state index in [0.29, 0.717) is 0 Å². The van der Waals surface area contributed by atoms with Gasteiger partial charge in [-0.1, -0.05) is 127 Å². The molecule has 0 unspecified atom stereocenters. The van der Waals surface area contributed by atoms with Crippen LogP contribution in [0.4, 0.5) is 17.1 Å². The summed E-state index contributed by atoms with van der Waals surface area (Å²) in [6, 6.07) is 64.0. The first kappa shape index (κ1) is 26.7. The number of fused-ring (bicyclic) bond motifs is 6. The van der Waals surface area contributed by atoms with Crippen molar-refractivity contribution in [2.24, 2.45) is 0 Å². The van der Waals surface area contributed by atoms with E-state index >= 15 is 0 Å². The number of thiophene rings is 1. The van der Waals surface area contributed by atoms with E-state index in [-0.39, 0.29) is 0 Å². The summed E-state index contributed by atoms with van der Waals surface area (Å²) < 4.78 is 2.66. The van der Waals surface area contributed by atoms with Crippen LogP contribution in [0.5, 0.6) is 0 Å². The number of rotatable bonds is 5. The van der Waals surface area contributed by atoms with Crippen molar-refractivity contribution in [2.45, 2.75) is 0 Å². The predicted octanol–water partition coefficient (Wildman–Crippen LogP) is 13.2. The standard InChI is InChI=1S/C44H29NS/c1-2-8-30(9-3-1)31-16-22-36(23-17-31)45(38-26-20-34-15-14-33-10-4-5-11-39(33)42(34)29-38)37-24-18-32(19-25-37)35-21-27-41-40-12-6-7-13-43(40)46-44(41)28-35/h1-29H. The van der Waals surface area contributed by atoms with Gasteiger partial charge in [0.05, 0.1) is 0 Å². The van der Waals surface area contributed by atoms with E-state index in [9.17, 15) is 0 Å². The molecular formula is C44H29NS. The van der Waals surface area contributed by atoms with Crippen LogP contribution in [0, 0.1) is 0 Å². The summed E-state index contributed by atoms with van der Waals surface area (Å²) in [6.45, 7) is 0. The molecule has 0 fully saturated rings. The molecule has 8 aromatic carbocycles. The van der Waals surface area contributed by atoms with Gasteiger partial charge in [-0.05, 0) is 92.3 Å². The van der Waals surface area contributed by atoms with Crippen molar-refractivity contribution in [3.8, 4) is 22.3 Å². The van der Waals surface area contributed by atoms with Gasteiger partial charge in [-0.3, -0.25) is 0 Å². The van der Waals surface area contributed by atoms with E-state index in [2.05, 4.69) is 181 Å². The Kier molecular flexibility index (Phi) is 6.40. The van der Waals surface area contributed by atoms with E-state index in [1.807, 2.05) is 11.3 Å². The second-order valence-corrected chi connectivity index (χ2v) is 12.9. The first-order chi connectivity index (χ1) is 22.8. The minimum absolute atomic E-state index is 1.12. The average molecular weight is 604 g/mol. The summed E-state index contributed by atoms with van der Waals surface area (Å²) in [5.41, 5.74) is 8.26. The van der Waals surface area contributed by atoms with Crippen molar-refractivity contribution in [2.75, 3.05) is 4.90 Å². The molecule has 1 nitrogen and oxygen atoms in total. The zero-order valence-electron chi connectivity index (χ0n) is 25.1. The minimum Gasteiger partial charge on any atom is -0.310 e. The summed E-state index contributed by atoms with van der Waals surface area (Å²) in [5, 5.41) is 7.69. The highest BCUT2D eigenvalue weighted by molar-refractivity contribution is 7.25. The van der Waals surface area contributed by atoms with Crippen molar-refractivity contribution in [3.05, 3.63) is 176 Å². The third-order valence-corrected chi connectivity index (χ3v) is 10.2. The Balaban J connectivity index is 1.15. The lowest BCUT2D eigenvalue weighted by Crippen LogP contribution is -2.09. The number of benzene rings is 8. The molecule has 0 N–H and O–H groups in total. The normalized spacial score (nSPS) is 11.5. The average Bonchev–Trinajstić information content (AvgIpc) is 3.51. The van der Waals surface area contributed by atoms with Gasteiger partial charge >= 0.3 is 0 Å². The van der Waals surface area contributed by atoms with E-state index < -0.39 is 0 Å². The molecule has 216 valence electrons. The number of hydrogen-bond donors (Lipinski definition) is 0. The lowest BCUT2D eigenvalue weighted by molar-refractivity contribution is 1.29. The molecule has 0 bridgehead atoms. The van der Waals surface area contributed by atoms with Crippen LogP contribution >= 0.6 is 11.3 Å². The molecule has 1 aromatic heterocycles. The van der Waals surface area contributed by atoms with E-state index in [4.69, 9.17) is 0 Å². The monoisotopic (exact) mass is 603 g/mol. The summed E-state index contributed by atoms with van der Waals surface area (Å²) in [6.07, 6.45) is 0. The van der Waals surface area contributed by atoms with E-state index in [1.165, 1.54) is 64.0 Å². The first-order valence-corrected chi connectivity index (χ1v) is 16.5. The third-order valence-electron chi connectivity index (χ3n) is 9.06. The van der Waals surface area contributed by atoms with E-state index in [1.54, 1.807) is 0 Å². The van der Waals surface area contributed by atoms with Crippen LogP contribution in [-0.4, -0.2) is 0 Å². The summed E-state index contributed by atoms with van der Waals surface area (Å²) in [4.78, 5) is 2.37. The highest BCUT2D eigenvalue weighted by Crippen LogP contribution is 2.40. The molecule has 0 spiro atoms. The third kappa shape index (κ3) is 4.63. The van der Waals surface area contributed by atoms with Crippen molar-refractivity contribution >= 4 is 70.1 Å². The molecule has 9 aromatic rings. The molecule has 9 rings (SSSR count). The summed E-state index contributed by atoms with van der Waals surface area (Å²) >= 11 is 1.87. The zero-order chi connectivity index (χ0) is 30.5. The molecule has 2 heteroatoms. The molecule has 1 heterocycles. The molecular weight excluding hydrogens is 575 g/mol. The maximum Gasteiger partial charge on any atom is 0.0468 e. The van der Waals surface area contributed by atoms with E-state index in [0.717, 1.165) is 17.1 Å². The van der Waals surface area contributed by atoms with Gasteiger partial charge in [0, 0.05) is 37.2 Å². The van der Waals surface area contributed by atoms with Crippen LogP contribution in [0.3, 0.4) is 0 Å². The molecule has 0 aliphatic rings. The van der Waals surface area contributed by atoms with Gasteiger partial charge in [0.15, 0.2) is 0 Å². The lowest BCUT2D eigenvalue weighted by atomic mass is 10.00. The maximum absolute atomic E-state index is 2.37. The van der Waals surface area contributed by atoms with Gasteiger partial charge in [0.25, 0.3) is 0 Å². The minimum atomic E-state index is 1.12. The largest absolute Gasteiger partial charge is 0.310 e. The van der Waals surface area contributed by atoms with Crippen molar-refractivity contribution < 1.29 is 0 Å². The van der Waals surface area contributed by atoms with Gasteiger partial charge in [0.2, 0.25) is 0 Å². The van der Waals surface area contributed by atoms with Crippen LogP contribution in [0.2, 0.25) is 0 Å². The van der Waals surface area contributed by atoms with Crippen molar-refractivity contribution in [3.63, 3.8) is 0 Å². The Hall–Kier alpha value is -5.70. The van der Waals surface area contributed by atoms with Crippen molar-refractivity contribution in [1.82, 2.24) is 0 Å². The topological polar surface area (TPSA) is 3.24 Å². The predicted molar refractivity (Wildman–Crippen MR) is 200 cm³/mol. The second-order valence-electron chi connectivity index (χ2n) is 11.8. The Labute approximate surface area is 272 Å². The zero-order valence-corrected chi connectivity index (χ0v) is 25.9. The Bertz CT molecular complexity index is 2510. The van der Waals surface area contributed by atoms with Gasteiger partial charge in [-0.15, -0.1) is 11.3 Å². The van der Waals surface area contributed by atoms with Crippen LogP contribution in [0.1, 0.15) is 0 Å². The Morgan fingerprint density at radius 3 is 1.59 bits per heavy atom. The molecule has 0 amide bonds. The summed E-state index contributed by atoms with van der Waals surface area (Å²) in [5.74, 6) is 0. The number of anilines is 3. The first-order valence-electron chi connectivity index (χ1n) is 15.7. The van der Waals surface area contributed by atoms with Gasteiger partial charge in [-0.25, -0.2) is 0 Å². The van der Waals surface area contributed by atoms with Gasteiger partial charge < -0.3 is 4.90 Å². The highest BCUT2D eigenvalue weighted by atomic mass is 32.1. The van der Waals surface area contributed by atoms with Gasteiger partial charge in [-0.2, -0.15) is 0 Å². The fourth-order valence-electron chi connectivity index (χ4n) is 6.72. The fourth-order valence-corrected chi connectivity index (χ4v) is 7.86. The number of hydrogen-bond acceptors (Lipinski definition) is 2. The molecule has 0 atom stereocenters. The van der Waals surface area contributed by atoms with Crippen LogP contribution in [0.15, 0.2) is 176 Å². The fraction of sp³-hybridized carbons (Fsp3) is 0. The Morgan fingerprint density at radius 2 is 0.826 bits per heavy atom. The SMILES string of the molecule is c1ccc(-c2ccc(N(c3ccc(-c4ccc5c(c4)sc4ccccc45)cc3)c3ccc4ccc5ccccc5c4c3)cc2)cc1. The quantitative estimate of drug-likeness (QED) is 0.177. The van der Waals surface area contributed by atoms with Crippen LogP contribution in [-0.2, 0) is 0 Å². The summed E-state index contributed by atoms with van der Waals surface area (Å²) in [7, 11) is 0. The van der Waals surface area contributed by atoms with Crippen LogP contribution in [0.25, 0.3) is 64.0 Å². The smallest absolute Gasteiger partial charge is 0.0468 e. The van der Waals surface area contributed by atoms with Crippen LogP contribution < -0.4 is 4.90 Å². The molecule has 0 aliphatic heterocycles. The molecule has 0 aliphatic carbocycles. The molecule has 0 saturated heterocycles.